The van der Waals surface area contributed by atoms with Crippen LogP contribution in [0.2, 0.25) is 0 Å². The van der Waals surface area contributed by atoms with Crippen LogP contribution in [-0.4, -0.2) is 5.97 Å². The molecule has 0 radical (unpaired) electrons. The summed E-state index contributed by atoms with van der Waals surface area (Å²) in [5, 5.41) is 0. The van der Waals surface area contributed by atoms with Gasteiger partial charge in [-0.25, -0.2) is 4.79 Å². The Hall–Kier alpha value is 0.620. The molecule has 1 aromatic rings. The molecule has 20 heavy (non-hydrogen) atoms. The summed E-state index contributed by atoms with van der Waals surface area (Å²) in [6.07, 6.45) is 4.00. The van der Waals surface area contributed by atoms with Crippen molar-refractivity contribution in [1.29, 1.82) is 0 Å². The zero-order valence-corrected chi connectivity index (χ0v) is 17.6. The lowest BCUT2D eigenvalue weighted by Crippen LogP contribution is -2.31. The molecule has 1 aromatic carbocycles. The number of hydrogen-bond donors (Lipinski definition) is 0. The van der Waals surface area contributed by atoms with Crippen molar-refractivity contribution < 1.29 is 9.53 Å². The number of ether oxygens (including phenoxy) is 1. The molecule has 1 aliphatic carbocycles. The molecule has 0 bridgehead atoms. The molecule has 1 saturated carbocycles. The number of rotatable bonds is 3. The molecule has 0 aliphatic heterocycles. The van der Waals surface area contributed by atoms with Crippen molar-refractivity contribution in [3.05, 3.63) is 40.6 Å². The van der Waals surface area contributed by atoms with Gasteiger partial charge in [-0.3, -0.25) is 0 Å². The average Bonchev–Trinajstić information content (AvgIpc) is 2.83. The van der Waals surface area contributed by atoms with Gasteiger partial charge in [0.05, 0.1) is 0 Å². The highest BCUT2D eigenvalue weighted by Crippen LogP contribution is 2.45. The van der Waals surface area contributed by atoms with E-state index < -0.39 is 5.60 Å². The van der Waals surface area contributed by atoms with E-state index in [2.05, 4.69) is 86.5 Å². The lowest BCUT2D eigenvalue weighted by molar-refractivity contribution is -0.155. The highest BCUT2D eigenvalue weighted by molar-refractivity contribution is 14.1. The fraction of sp³-hybridized carbons (Fsp3) is 0.400. The van der Waals surface area contributed by atoms with E-state index in [1.807, 2.05) is 0 Å². The predicted octanol–water partition coefficient (Wildman–Crippen LogP) is 5.39. The molecule has 0 unspecified atom stereocenters. The SMILES string of the molecule is C=C(C)C(=O)OC1(c2cc(I)cc(I)c2I)CCCC1. The molecule has 2 nitrogen and oxygen atoms in total. The number of esters is 1. The van der Waals surface area contributed by atoms with Crippen LogP contribution in [0.5, 0.6) is 0 Å². The van der Waals surface area contributed by atoms with Gasteiger partial charge in [-0.05, 0) is 113 Å². The monoisotopic (exact) mass is 608 g/mol. The van der Waals surface area contributed by atoms with Crippen molar-refractivity contribution in [2.45, 2.75) is 38.2 Å². The minimum Gasteiger partial charge on any atom is -0.451 e. The smallest absolute Gasteiger partial charge is 0.333 e. The third-order valence-corrected chi connectivity index (χ3v) is 7.20. The Labute approximate surface area is 160 Å². The number of carbonyl (C=O) groups excluding carboxylic acids is 1. The zero-order valence-electron chi connectivity index (χ0n) is 11.1. The first-order valence-electron chi connectivity index (χ1n) is 6.39. The topological polar surface area (TPSA) is 26.3 Å². The number of hydrogen-bond acceptors (Lipinski definition) is 2. The van der Waals surface area contributed by atoms with Gasteiger partial charge in [0, 0.05) is 21.8 Å². The van der Waals surface area contributed by atoms with E-state index in [9.17, 15) is 4.79 Å². The molecule has 0 aromatic heterocycles. The van der Waals surface area contributed by atoms with Gasteiger partial charge in [0.2, 0.25) is 0 Å². The summed E-state index contributed by atoms with van der Waals surface area (Å²) in [5.74, 6) is -0.281. The van der Waals surface area contributed by atoms with Crippen molar-refractivity contribution in [2.75, 3.05) is 0 Å². The summed E-state index contributed by atoms with van der Waals surface area (Å²) in [6.45, 7) is 5.40. The normalized spacial score (nSPS) is 17.0. The Bertz CT molecular complexity index is 560. The van der Waals surface area contributed by atoms with Crippen LogP contribution in [0, 0.1) is 10.7 Å². The molecular weight excluding hydrogens is 593 g/mol. The van der Waals surface area contributed by atoms with Gasteiger partial charge in [0.1, 0.15) is 5.60 Å². The maximum Gasteiger partial charge on any atom is 0.333 e. The maximum absolute atomic E-state index is 12.0. The molecule has 0 atom stereocenters. The number of halogens is 3. The Morgan fingerprint density at radius 2 is 1.85 bits per heavy atom. The van der Waals surface area contributed by atoms with Crippen molar-refractivity contribution in [3.63, 3.8) is 0 Å². The molecular formula is C15H15I3O2. The summed E-state index contributed by atoms with van der Waals surface area (Å²) in [5.41, 5.74) is 1.15. The Morgan fingerprint density at radius 1 is 1.25 bits per heavy atom. The lowest BCUT2D eigenvalue weighted by Gasteiger charge is -2.31. The summed E-state index contributed by atoms with van der Waals surface area (Å²) >= 11 is 7.03. The third-order valence-electron chi connectivity index (χ3n) is 3.53. The van der Waals surface area contributed by atoms with E-state index >= 15 is 0 Å². The first kappa shape index (κ1) is 17.0. The molecule has 2 rings (SSSR count). The number of benzene rings is 1. The molecule has 1 fully saturated rings. The van der Waals surface area contributed by atoms with Gasteiger partial charge in [0.25, 0.3) is 0 Å². The van der Waals surface area contributed by atoms with Gasteiger partial charge in [0.15, 0.2) is 0 Å². The van der Waals surface area contributed by atoms with Crippen LogP contribution >= 0.6 is 67.8 Å². The Kier molecular flexibility index (Phi) is 5.78. The minimum atomic E-state index is -0.465. The molecule has 108 valence electrons. The largest absolute Gasteiger partial charge is 0.451 e. The van der Waals surface area contributed by atoms with E-state index in [4.69, 9.17) is 4.74 Å². The van der Waals surface area contributed by atoms with E-state index in [-0.39, 0.29) is 5.97 Å². The van der Waals surface area contributed by atoms with Gasteiger partial charge < -0.3 is 4.74 Å². The first-order valence-corrected chi connectivity index (χ1v) is 9.63. The second-order valence-electron chi connectivity index (χ2n) is 5.12. The first-order chi connectivity index (χ1) is 9.35. The van der Waals surface area contributed by atoms with Crippen LogP contribution < -0.4 is 0 Å². The highest BCUT2D eigenvalue weighted by Gasteiger charge is 2.41. The van der Waals surface area contributed by atoms with Gasteiger partial charge in [-0.1, -0.05) is 6.58 Å². The average molecular weight is 608 g/mol. The summed E-state index contributed by atoms with van der Waals surface area (Å²) in [4.78, 5) is 12.0. The molecule has 0 amide bonds. The quantitative estimate of drug-likeness (QED) is 0.199. The van der Waals surface area contributed by atoms with Crippen molar-refractivity contribution in [2.24, 2.45) is 0 Å². The van der Waals surface area contributed by atoms with E-state index in [0.29, 0.717) is 5.57 Å². The summed E-state index contributed by atoms with van der Waals surface area (Å²) < 4.78 is 9.47. The van der Waals surface area contributed by atoms with E-state index in [0.717, 1.165) is 31.2 Å². The predicted molar refractivity (Wildman–Crippen MR) is 106 cm³/mol. The van der Waals surface area contributed by atoms with E-state index in [1.54, 1.807) is 6.92 Å². The minimum absolute atomic E-state index is 0.281. The number of carbonyl (C=O) groups is 1. The Morgan fingerprint density at radius 3 is 2.40 bits per heavy atom. The van der Waals surface area contributed by atoms with Crippen LogP contribution in [0.3, 0.4) is 0 Å². The van der Waals surface area contributed by atoms with Crippen LogP contribution in [-0.2, 0) is 15.1 Å². The maximum atomic E-state index is 12.0. The van der Waals surface area contributed by atoms with Crippen molar-refractivity contribution >= 4 is 73.7 Å². The van der Waals surface area contributed by atoms with Gasteiger partial charge in [-0.15, -0.1) is 0 Å². The molecule has 0 saturated heterocycles. The van der Waals surface area contributed by atoms with E-state index in [1.165, 1.54) is 10.7 Å². The van der Waals surface area contributed by atoms with Gasteiger partial charge in [-0.2, -0.15) is 0 Å². The highest BCUT2D eigenvalue weighted by atomic mass is 127. The fourth-order valence-corrected chi connectivity index (χ4v) is 5.17. The zero-order chi connectivity index (χ0) is 14.9. The van der Waals surface area contributed by atoms with Gasteiger partial charge >= 0.3 is 5.97 Å². The fourth-order valence-electron chi connectivity index (χ4n) is 2.52. The van der Waals surface area contributed by atoms with Crippen molar-refractivity contribution in [3.8, 4) is 0 Å². The molecule has 1 aliphatic rings. The summed E-state index contributed by atoms with van der Waals surface area (Å²) in [6, 6.07) is 4.30. The van der Waals surface area contributed by atoms with Crippen LogP contribution in [0.1, 0.15) is 38.2 Å². The van der Waals surface area contributed by atoms with Crippen LogP contribution in [0.4, 0.5) is 0 Å². The van der Waals surface area contributed by atoms with Crippen LogP contribution in [0.25, 0.3) is 0 Å². The Balaban J connectivity index is 2.48. The molecule has 5 heteroatoms. The second kappa shape index (κ2) is 6.80. The molecule has 0 heterocycles. The molecule has 0 N–H and O–H groups in total. The lowest BCUT2D eigenvalue weighted by atomic mass is 9.92. The summed E-state index contributed by atoms with van der Waals surface area (Å²) in [7, 11) is 0. The second-order valence-corrected chi connectivity index (χ2v) is 8.61. The standard InChI is InChI=1S/C15H15I3O2/c1-9(2)14(19)20-15(5-3-4-6-15)11-7-10(16)8-12(17)13(11)18/h7-8H,1,3-6H2,2H3. The van der Waals surface area contributed by atoms with Crippen LogP contribution in [0.15, 0.2) is 24.3 Å². The third kappa shape index (κ3) is 3.50. The molecule has 0 spiro atoms. The van der Waals surface area contributed by atoms with Crippen molar-refractivity contribution in [1.82, 2.24) is 0 Å².